The first-order valence-corrected chi connectivity index (χ1v) is 8.67. The zero-order chi connectivity index (χ0) is 17.4. The van der Waals surface area contributed by atoms with Crippen molar-refractivity contribution in [2.75, 3.05) is 5.32 Å². The summed E-state index contributed by atoms with van der Waals surface area (Å²) in [7, 11) is -3.83. The molecule has 23 heavy (non-hydrogen) atoms. The second kappa shape index (κ2) is 6.14. The fraction of sp³-hybridized carbons (Fsp3) is 0.235. The van der Waals surface area contributed by atoms with Gasteiger partial charge >= 0.3 is 0 Å². The second-order valence-electron chi connectivity index (χ2n) is 5.66. The fourth-order valence-corrected chi connectivity index (χ4v) is 2.93. The maximum absolute atomic E-state index is 12.5. The molecule has 2 aromatic carbocycles. The summed E-state index contributed by atoms with van der Waals surface area (Å²) >= 11 is 0. The van der Waals surface area contributed by atoms with E-state index in [0.717, 1.165) is 22.3 Å². The molecule has 2 aromatic rings. The Bertz CT molecular complexity index is 887. The van der Waals surface area contributed by atoms with E-state index in [1.165, 1.54) is 12.1 Å². The molecule has 0 fully saturated rings. The number of primary sulfonamides is 1. The zero-order valence-electron chi connectivity index (χ0n) is 13.6. The van der Waals surface area contributed by atoms with Gasteiger partial charge in [-0.15, -0.1) is 0 Å². The second-order valence-corrected chi connectivity index (χ2v) is 7.22. The Morgan fingerprint density at radius 2 is 1.65 bits per heavy atom. The highest BCUT2D eigenvalue weighted by molar-refractivity contribution is 7.89. The van der Waals surface area contributed by atoms with Crippen molar-refractivity contribution in [3.8, 4) is 0 Å². The third-order valence-electron chi connectivity index (χ3n) is 4.07. The Hall–Kier alpha value is -2.18. The number of hydrogen-bond acceptors (Lipinski definition) is 3. The van der Waals surface area contributed by atoms with Crippen molar-refractivity contribution in [1.82, 2.24) is 0 Å². The molecule has 0 aliphatic heterocycles. The zero-order valence-corrected chi connectivity index (χ0v) is 14.4. The predicted molar refractivity (Wildman–Crippen MR) is 91.2 cm³/mol. The molecule has 5 nitrogen and oxygen atoms in total. The van der Waals surface area contributed by atoms with Crippen LogP contribution in [-0.2, 0) is 10.0 Å². The van der Waals surface area contributed by atoms with E-state index in [9.17, 15) is 13.2 Å². The molecule has 0 radical (unpaired) electrons. The van der Waals surface area contributed by atoms with Crippen LogP contribution in [0.3, 0.4) is 0 Å². The van der Waals surface area contributed by atoms with E-state index >= 15 is 0 Å². The van der Waals surface area contributed by atoms with Crippen LogP contribution in [0, 0.1) is 27.7 Å². The topological polar surface area (TPSA) is 89.3 Å². The van der Waals surface area contributed by atoms with Gasteiger partial charge < -0.3 is 5.32 Å². The first kappa shape index (κ1) is 17.2. The highest BCUT2D eigenvalue weighted by atomic mass is 32.2. The molecule has 0 aliphatic rings. The first-order chi connectivity index (χ1) is 10.6. The van der Waals surface area contributed by atoms with Gasteiger partial charge in [-0.2, -0.15) is 0 Å². The van der Waals surface area contributed by atoms with Crippen molar-refractivity contribution in [2.45, 2.75) is 32.6 Å². The normalized spacial score (nSPS) is 11.3. The lowest BCUT2D eigenvalue weighted by Gasteiger charge is -2.14. The summed E-state index contributed by atoms with van der Waals surface area (Å²) in [6.07, 6.45) is 0. The van der Waals surface area contributed by atoms with Crippen molar-refractivity contribution in [3.05, 3.63) is 58.1 Å². The number of carbonyl (C=O) groups excluding carboxylic acids is 1. The van der Waals surface area contributed by atoms with Crippen LogP contribution in [0.25, 0.3) is 0 Å². The number of nitrogens with two attached hydrogens (primary N) is 1. The van der Waals surface area contributed by atoms with Crippen LogP contribution in [0.4, 0.5) is 5.69 Å². The minimum absolute atomic E-state index is 0.0168. The van der Waals surface area contributed by atoms with Crippen LogP contribution in [0.1, 0.15) is 32.6 Å². The molecule has 3 N–H and O–H groups in total. The smallest absolute Gasteiger partial charge is 0.255 e. The van der Waals surface area contributed by atoms with E-state index in [2.05, 4.69) is 5.32 Å². The van der Waals surface area contributed by atoms with Gasteiger partial charge in [-0.25, -0.2) is 13.6 Å². The molecule has 2 rings (SSSR count). The largest absolute Gasteiger partial charge is 0.322 e. The molecule has 0 unspecified atom stereocenters. The van der Waals surface area contributed by atoms with Gasteiger partial charge in [0.15, 0.2) is 0 Å². The number of anilines is 1. The molecule has 0 atom stereocenters. The van der Waals surface area contributed by atoms with Crippen molar-refractivity contribution in [1.29, 1.82) is 0 Å². The number of sulfonamides is 1. The van der Waals surface area contributed by atoms with Gasteiger partial charge in [0.25, 0.3) is 5.91 Å². The highest BCUT2D eigenvalue weighted by Gasteiger charge is 2.16. The average Bonchev–Trinajstić information content (AvgIpc) is 2.45. The summed E-state index contributed by atoms with van der Waals surface area (Å²) in [5, 5.41) is 7.98. The van der Waals surface area contributed by atoms with Crippen molar-refractivity contribution in [2.24, 2.45) is 5.14 Å². The summed E-state index contributed by atoms with van der Waals surface area (Å²) in [6, 6.07) is 8.38. The van der Waals surface area contributed by atoms with Gasteiger partial charge in [-0.3, -0.25) is 4.79 Å². The Morgan fingerprint density at radius 1 is 1.00 bits per heavy atom. The molecule has 0 bridgehead atoms. The summed E-state index contributed by atoms with van der Waals surface area (Å²) in [4.78, 5) is 12.5. The van der Waals surface area contributed by atoms with Crippen molar-refractivity contribution >= 4 is 21.6 Å². The Kier molecular flexibility index (Phi) is 4.58. The molecule has 0 spiro atoms. The van der Waals surface area contributed by atoms with E-state index in [4.69, 9.17) is 5.14 Å². The van der Waals surface area contributed by atoms with Crippen LogP contribution in [0.15, 0.2) is 35.2 Å². The monoisotopic (exact) mass is 332 g/mol. The van der Waals surface area contributed by atoms with Gasteiger partial charge in [0.05, 0.1) is 4.90 Å². The minimum Gasteiger partial charge on any atom is -0.322 e. The van der Waals surface area contributed by atoms with Gasteiger partial charge in [0.1, 0.15) is 0 Å². The minimum atomic E-state index is -3.83. The molecule has 6 heteroatoms. The summed E-state index contributed by atoms with van der Waals surface area (Å²) in [5.41, 5.74) is 4.46. The number of hydrogen-bond donors (Lipinski definition) is 2. The highest BCUT2D eigenvalue weighted by Crippen LogP contribution is 2.24. The first-order valence-electron chi connectivity index (χ1n) is 7.13. The van der Waals surface area contributed by atoms with Gasteiger partial charge in [-0.05, 0) is 68.1 Å². The number of amides is 1. The molecule has 0 heterocycles. The third-order valence-corrected chi connectivity index (χ3v) is 4.96. The number of rotatable bonds is 3. The Morgan fingerprint density at radius 3 is 2.26 bits per heavy atom. The van der Waals surface area contributed by atoms with Gasteiger partial charge in [0.2, 0.25) is 10.0 Å². The SMILES string of the molecule is Cc1cc(S(N)(=O)=O)cc(NC(=O)c2cccc(C)c2C)c1C. The van der Waals surface area contributed by atoms with Crippen LogP contribution in [-0.4, -0.2) is 14.3 Å². The van der Waals surface area contributed by atoms with Gasteiger partial charge in [0, 0.05) is 11.3 Å². The summed E-state index contributed by atoms with van der Waals surface area (Å²) in [6.45, 7) is 7.41. The summed E-state index contributed by atoms with van der Waals surface area (Å²) < 4.78 is 23.1. The van der Waals surface area contributed by atoms with E-state index in [-0.39, 0.29) is 10.8 Å². The van der Waals surface area contributed by atoms with E-state index < -0.39 is 10.0 Å². The molecule has 1 amide bonds. The predicted octanol–water partition coefficient (Wildman–Crippen LogP) is 2.82. The molecular weight excluding hydrogens is 312 g/mol. The maximum atomic E-state index is 12.5. The van der Waals surface area contributed by atoms with Crippen LogP contribution in [0.2, 0.25) is 0 Å². The maximum Gasteiger partial charge on any atom is 0.255 e. The van der Waals surface area contributed by atoms with Gasteiger partial charge in [-0.1, -0.05) is 12.1 Å². The van der Waals surface area contributed by atoms with Crippen LogP contribution >= 0.6 is 0 Å². The van der Waals surface area contributed by atoms with E-state index in [1.54, 1.807) is 13.0 Å². The molecule has 122 valence electrons. The average molecular weight is 332 g/mol. The van der Waals surface area contributed by atoms with E-state index in [1.807, 2.05) is 32.9 Å². The lowest BCUT2D eigenvalue weighted by atomic mass is 10.0. The molecule has 0 aliphatic carbocycles. The third kappa shape index (κ3) is 3.60. The number of benzene rings is 2. The molecule has 0 aromatic heterocycles. The van der Waals surface area contributed by atoms with E-state index in [0.29, 0.717) is 11.3 Å². The fourth-order valence-electron chi connectivity index (χ4n) is 2.31. The van der Waals surface area contributed by atoms with Crippen molar-refractivity contribution in [3.63, 3.8) is 0 Å². The number of carbonyl (C=O) groups is 1. The lowest BCUT2D eigenvalue weighted by molar-refractivity contribution is 0.102. The van der Waals surface area contributed by atoms with Crippen LogP contribution in [0.5, 0.6) is 0 Å². The Balaban J connectivity index is 2.46. The molecule has 0 saturated carbocycles. The van der Waals surface area contributed by atoms with Crippen molar-refractivity contribution < 1.29 is 13.2 Å². The molecule has 0 saturated heterocycles. The number of aryl methyl sites for hydroxylation is 2. The standard InChI is InChI=1S/C17H20N2O3S/c1-10-6-5-7-15(12(10)3)17(20)19-16-9-14(23(18,21)22)8-11(2)13(16)4/h5-9H,1-4H3,(H,19,20)(H2,18,21,22). The number of nitrogens with one attached hydrogen (secondary N) is 1. The van der Waals surface area contributed by atoms with Crippen LogP contribution < -0.4 is 10.5 Å². The quantitative estimate of drug-likeness (QED) is 0.905. The lowest BCUT2D eigenvalue weighted by Crippen LogP contribution is -2.17. The summed E-state index contributed by atoms with van der Waals surface area (Å²) in [5.74, 6) is -0.278. The Labute approximate surface area is 136 Å². The molecular formula is C17H20N2O3S.